The minimum absolute atomic E-state index is 0.0375. The molecule has 2 saturated carbocycles. The van der Waals surface area contributed by atoms with Crippen LogP contribution in [-0.4, -0.2) is 33.0 Å². The van der Waals surface area contributed by atoms with Gasteiger partial charge in [-0.15, -0.1) is 0 Å². The molecule has 1 aromatic heterocycles. The summed E-state index contributed by atoms with van der Waals surface area (Å²) in [7, 11) is 0. The van der Waals surface area contributed by atoms with Crippen LogP contribution in [0.15, 0.2) is 4.79 Å². The number of amides is 1. The van der Waals surface area contributed by atoms with E-state index in [0.29, 0.717) is 11.5 Å². The van der Waals surface area contributed by atoms with Gasteiger partial charge in [0.2, 0.25) is 0 Å². The average Bonchev–Trinajstić information content (AvgIpc) is 3.27. The number of H-pyrrole nitrogens is 1. The van der Waals surface area contributed by atoms with E-state index in [-0.39, 0.29) is 17.4 Å². The molecule has 1 amide bonds. The molecule has 0 aromatic carbocycles. The predicted octanol–water partition coefficient (Wildman–Crippen LogP) is 0.549. The number of nitrogens with one attached hydrogen (secondary N) is 2. The molecule has 2 aliphatic rings. The number of hydrogen-bond acceptors (Lipinski definition) is 4. The molecular formula is C14H17N3O4. The standard InChI is InChI=1S/C14H17N3O4/c1-6-9(13(19)17-11(15-6)8-4-5-8)12(18)16-10(14(20)21)7-2-3-7/h7-8,10H,2-5H2,1H3,(H,16,18)(H,20,21)(H,15,17,19). The molecule has 7 heteroatoms. The summed E-state index contributed by atoms with van der Waals surface area (Å²) in [5.74, 6) is -0.868. The van der Waals surface area contributed by atoms with Gasteiger partial charge in [-0.3, -0.25) is 9.59 Å². The van der Waals surface area contributed by atoms with Crippen molar-refractivity contribution >= 4 is 11.9 Å². The van der Waals surface area contributed by atoms with Crippen molar-refractivity contribution in [3.8, 4) is 0 Å². The van der Waals surface area contributed by atoms with Gasteiger partial charge in [-0.05, 0) is 38.5 Å². The van der Waals surface area contributed by atoms with Gasteiger partial charge < -0.3 is 15.4 Å². The van der Waals surface area contributed by atoms with Gasteiger partial charge in [-0.2, -0.15) is 0 Å². The Labute approximate surface area is 120 Å². The third-order valence-electron chi connectivity index (χ3n) is 3.96. The molecule has 112 valence electrons. The van der Waals surface area contributed by atoms with Crippen LogP contribution in [0.4, 0.5) is 0 Å². The first-order valence-corrected chi connectivity index (χ1v) is 7.12. The second-order valence-corrected chi connectivity index (χ2v) is 5.81. The maximum atomic E-state index is 12.2. The molecule has 3 rings (SSSR count). The monoisotopic (exact) mass is 291 g/mol. The Bertz CT molecular complexity index is 659. The Morgan fingerprint density at radius 2 is 2.00 bits per heavy atom. The summed E-state index contributed by atoms with van der Waals surface area (Å²) in [4.78, 5) is 42.3. The summed E-state index contributed by atoms with van der Waals surface area (Å²) >= 11 is 0. The van der Waals surface area contributed by atoms with Gasteiger partial charge in [-0.1, -0.05) is 0 Å². The van der Waals surface area contributed by atoms with Crippen molar-refractivity contribution in [3.05, 3.63) is 27.4 Å². The second-order valence-electron chi connectivity index (χ2n) is 5.81. The molecule has 7 nitrogen and oxygen atoms in total. The highest BCUT2D eigenvalue weighted by atomic mass is 16.4. The number of aliphatic carboxylic acids is 1. The normalized spacial score (nSPS) is 19.1. The molecule has 1 heterocycles. The van der Waals surface area contributed by atoms with Crippen LogP contribution in [-0.2, 0) is 4.79 Å². The van der Waals surface area contributed by atoms with Crippen LogP contribution >= 0.6 is 0 Å². The highest BCUT2D eigenvalue weighted by Crippen LogP contribution is 2.37. The maximum absolute atomic E-state index is 12.2. The van der Waals surface area contributed by atoms with Gasteiger partial charge in [0.15, 0.2) is 0 Å². The average molecular weight is 291 g/mol. The molecule has 2 fully saturated rings. The number of carbonyl (C=O) groups is 2. The number of hydrogen-bond donors (Lipinski definition) is 3. The number of rotatable bonds is 5. The lowest BCUT2D eigenvalue weighted by Crippen LogP contribution is -2.44. The lowest BCUT2D eigenvalue weighted by atomic mass is 10.1. The molecule has 1 unspecified atom stereocenters. The molecule has 0 saturated heterocycles. The maximum Gasteiger partial charge on any atom is 0.326 e. The van der Waals surface area contributed by atoms with Gasteiger partial charge in [-0.25, -0.2) is 9.78 Å². The Hall–Kier alpha value is -2.18. The van der Waals surface area contributed by atoms with Crippen molar-refractivity contribution in [1.82, 2.24) is 15.3 Å². The summed E-state index contributed by atoms with van der Waals surface area (Å²) in [6.45, 7) is 1.60. The molecule has 2 aliphatic carbocycles. The Balaban J connectivity index is 1.83. The van der Waals surface area contributed by atoms with Crippen LogP contribution in [0.1, 0.15) is 53.5 Å². The van der Waals surface area contributed by atoms with E-state index in [2.05, 4.69) is 15.3 Å². The van der Waals surface area contributed by atoms with Crippen molar-refractivity contribution in [1.29, 1.82) is 0 Å². The van der Waals surface area contributed by atoms with E-state index in [1.165, 1.54) is 0 Å². The Morgan fingerprint density at radius 1 is 1.33 bits per heavy atom. The first kappa shape index (κ1) is 13.8. The third-order valence-corrected chi connectivity index (χ3v) is 3.96. The highest BCUT2D eigenvalue weighted by molar-refractivity contribution is 5.97. The summed E-state index contributed by atoms with van der Waals surface area (Å²) in [5, 5.41) is 11.6. The topological polar surface area (TPSA) is 112 Å². The van der Waals surface area contributed by atoms with Crippen LogP contribution in [0.2, 0.25) is 0 Å². The van der Waals surface area contributed by atoms with E-state index in [0.717, 1.165) is 25.7 Å². The van der Waals surface area contributed by atoms with Gasteiger partial charge in [0, 0.05) is 5.92 Å². The van der Waals surface area contributed by atoms with E-state index in [1.807, 2.05) is 0 Å². The van der Waals surface area contributed by atoms with Crippen LogP contribution < -0.4 is 10.9 Å². The number of nitrogens with zero attached hydrogens (tertiary/aromatic N) is 1. The van der Waals surface area contributed by atoms with E-state index >= 15 is 0 Å². The number of carbonyl (C=O) groups excluding carboxylic acids is 1. The minimum atomic E-state index is -1.07. The number of aromatic amines is 1. The summed E-state index contributed by atoms with van der Waals surface area (Å²) in [6.07, 6.45) is 3.56. The van der Waals surface area contributed by atoms with Crippen LogP contribution in [0, 0.1) is 12.8 Å². The summed E-state index contributed by atoms with van der Waals surface area (Å²) in [6, 6.07) is -0.931. The van der Waals surface area contributed by atoms with Crippen LogP contribution in [0.3, 0.4) is 0 Å². The number of carboxylic acids is 1. The Kier molecular flexibility index (Phi) is 3.27. The van der Waals surface area contributed by atoms with Crippen molar-refractivity contribution in [2.75, 3.05) is 0 Å². The fraction of sp³-hybridized carbons (Fsp3) is 0.571. The Morgan fingerprint density at radius 3 is 2.48 bits per heavy atom. The molecule has 0 spiro atoms. The molecule has 0 radical (unpaired) electrons. The molecule has 0 bridgehead atoms. The van der Waals surface area contributed by atoms with Crippen molar-refractivity contribution in [3.63, 3.8) is 0 Å². The minimum Gasteiger partial charge on any atom is -0.480 e. The lowest BCUT2D eigenvalue weighted by Gasteiger charge is -2.14. The zero-order valence-electron chi connectivity index (χ0n) is 11.7. The van der Waals surface area contributed by atoms with Gasteiger partial charge in [0.05, 0.1) is 5.69 Å². The third kappa shape index (κ3) is 2.81. The molecule has 21 heavy (non-hydrogen) atoms. The van der Waals surface area contributed by atoms with Crippen LogP contribution in [0.5, 0.6) is 0 Å². The smallest absolute Gasteiger partial charge is 0.326 e. The molecule has 1 aromatic rings. The summed E-state index contributed by atoms with van der Waals surface area (Å²) < 4.78 is 0. The van der Waals surface area contributed by atoms with Crippen molar-refractivity contribution < 1.29 is 14.7 Å². The van der Waals surface area contributed by atoms with Gasteiger partial charge >= 0.3 is 5.97 Å². The van der Waals surface area contributed by atoms with E-state index in [4.69, 9.17) is 5.11 Å². The SMILES string of the molecule is Cc1nc(C2CC2)[nH]c(=O)c1C(=O)NC(C(=O)O)C1CC1. The number of aromatic nitrogens is 2. The van der Waals surface area contributed by atoms with E-state index in [9.17, 15) is 14.4 Å². The zero-order valence-corrected chi connectivity index (χ0v) is 11.7. The van der Waals surface area contributed by atoms with Crippen LogP contribution in [0.25, 0.3) is 0 Å². The quantitative estimate of drug-likeness (QED) is 0.733. The summed E-state index contributed by atoms with van der Waals surface area (Å²) in [5.41, 5.74) is -0.244. The zero-order chi connectivity index (χ0) is 15.1. The molecule has 3 N–H and O–H groups in total. The van der Waals surface area contributed by atoms with Crippen molar-refractivity contribution in [2.24, 2.45) is 5.92 Å². The van der Waals surface area contributed by atoms with Crippen molar-refractivity contribution in [2.45, 2.75) is 44.6 Å². The predicted molar refractivity (Wildman–Crippen MR) is 73.2 cm³/mol. The molecular weight excluding hydrogens is 274 g/mol. The second kappa shape index (κ2) is 4.98. The van der Waals surface area contributed by atoms with Gasteiger partial charge in [0.25, 0.3) is 11.5 Å². The first-order valence-electron chi connectivity index (χ1n) is 7.12. The van der Waals surface area contributed by atoms with E-state index < -0.39 is 23.5 Å². The fourth-order valence-corrected chi connectivity index (χ4v) is 2.45. The van der Waals surface area contributed by atoms with Gasteiger partial charge in [0.1, 0.15) is 17.4 Å². The molecule has 1 atom stereocenters. The molecule has 0 aliphatic heterocycles. The number of carboxylic acid groups (broad SMARTS) is 1. The first-order chi connectivity index (χ1) is 9.97. The van der Waals surface area contributed by atoms with E-state index in [1.54, 1.807) is 6.92 Å². The highest BCUT2D eigenvalue weighted by Gasteiger charge is 2.38. The lowest BCUT2D eigenvalue weighted by molar-refractivity contribution is -0.139. The number of aryl methyl sites for hydroxylation is 1. The fourth-order valence-electron chi connectivity index (χ4n) is 2.45. The largest absolute Gasteiger partial charge is 0.480 e.